The molecule has 0 aliphatic carbocycles. The number of carbonyl (C=O) groups excluding carboxylic acids is 2. The summed E-state index contributed by atoms with van der Waals surface area (Å²) in [5.41, 5.74) is 1.70. The minimum Gasteiger partial charge on any atom is -0.494 e. The zero-order valence-corrected chi connectivity index (χ0v) is 17.1. The highest BCUT2D eigenvalue weighted by molar-refractivity contribution is 6.45. The molecule has 7 nitrogen and oxygen atoms in total. The maximum absolute atomic E-state index is 13.3. The Bertz CT molecular complexity index is 964. The van der Waals surface area contributed by atoms with Gasteiger partial charge in [0.2, 0.25) is 0 Å². The molecule has 0 N–H and O–H groups in total. The summed E-state index contributed by atoms with van der Waals surface area (Å²) < 4.78 is 5.46. The van der Waals surface area contributed by atoms with Gasteiger partial charge in [0.1, 0.15) is 17.5 Å². The van der Waals surface area contributed by atoms with Crippen molar-refractivity contribution in [1.29, 1.82) is 5.26 Å². The van der Waals surface area contributed by atoms with E-state index in [2.05, 4.69) is 11.2 Å². The van der Waals surface area contributed by atoms with E-state index in [0.717, 1.165) is 5.69 Å². The van der Waals surface area contributed by atoms with Crippen LogP contribution in [0.2, 0.25) is 0 Å². The van der Waals surface area contributed by atoms with Crippen LogP contribution in [-0.4, -0.2) is 36.6 Å². The topological polar surface area (TPSA) is 86.0 Å². The molecular formula is C23H24N4O3. The van der Waals surface area contributed by atoms with Crippen LogP contribution in [0, 0.1) is 11.3 Å². The van der Waals surface area contributed by atoms with E-state index >= 15 is 0 Å². The van der Waals surface area contributed by atoms with Gasteiger partial charge in [0.25, 0.3) is 5.91 Å². The van der Waals surface area contributed by atoms with E-state index in [4.69, 9.17) is 10.00 Å². The highest BCUT2D eigenvalue weighted by Gasteiger charge is 2.36. The van der Waals surface area contributed by atoms with Gasteiger partial charge in [-0.15, -0.1) is 0 Å². The summed E-state index contributed by atoms with van der Waals surface area (Å²) in [7, 11) is 0. The van der Waals surface area contributed by atoms with Crippen molar-refractivity contribution in [2.24, 2.45) is 5.10 Å². The minimum atomic E-state index is -0.524. The molecule has 1 unspecified atom stereocenters. The van der Waals surface area contributed by atoms with E-state index in [-0.39, 0.29) is 31.1 Å². The van der Waals surface area contributed by atoms with Gasteiger partial charge >= 0.3 is 0 Å². The Morgan fingerprint density at radius 1 is 1.20 bits per heavy atom. The van der Waals surface area contributed by atoms with Crippen LogP contribution in [-0.2, 0) is 9.59 Å². The number of nitriles is 1. The average Bonchev–Trinajstić information content (AvgIpc) is 3.22. The van der Waals surface area contributed by atoms with Crippen molar-refractivity contribution >= 4 is 28.8 Å². The van der Waals surface area contributed by atoms with Gasteiger partial charge in [0.05, 0.1) is 24.8 Å². The molecule has 30 heavy (non-hydrogen) atoms. The monoisotopic (exact) mass is 404 g/mol. The summed E-state index contributed by atoms with van der Waals surface area (Å²) >= 11 is 0. The van der Waals surface area contributed by atoms with E-state index in [1.54, 1.807) is 29.3 Å². The van der Waals surface area contributed by atoms with E-state index < -0.39 is 6.04 Å². The lowest BCUT2D eigenvalue weighted by Crippen LogP contribution is -2.38. The fraction of sp³-hybridized carbons (Fsp3) is 0.304. The normalized spacial score (nSPS) is 15.3. The van der Waals surface area contributed by atoms with Crippen molar-refractivity contribution in [1.82, 2.24) is 0 Å². The number of Topliss-reactive ketones (excluding diaryl/α,β-unsaturated/α-hetero) is 1. The number of amides is 1. The number of anilines is 2. The zero-order chi connectivity index (χ0) is 21.5. The van der Waals surface area contributed by atoms with Crippen LogP contribution in [0.25, 0.3) is 0 Å². The van der Waals surface area contributed by atoms with Crippen molar-refractivity contribution in [3.63, 3.8) is 0 Å². The van der Waals surface area contributed by atoms with Crippen molar-refractivity contribution in [2.45, 2.75) is 32.7 Å². The Morgan fingerprint density at radius 2 is 1.90 bits per heavy atom. The molecule has 1 aliphatic rings. The molecule has 3 rings (SSSR count). The first kappa shape index (κ1) is 21.1. The molecule has 2 aromatic carbocycles. The van der Waals surface area contributed by atoms with Crippen molar-refractivity contribution in [3.05, 3.63) is 54.6 Å². The third-order valence-corrected chi connectivity index (χ3v) is 4.80. The molecule has 0 spiro atoms. The lowest BCUT2D eigenvalue weighted by Gasteiger charge is -2.22. The van der Waals surface area contributed by atoms with Crippen LogP contribution in [0.4, 0.5) is 11.4 Å². The van der Waals surface area contributed by atoms with Crippen molar-refractivity contribution in [2.75, 3.05) is 23.1 Å². The fourth-order valence-corrected chi connectivity index (χ4v) is 3.33. The highest BCUT2D eigenvalue weighted by Crippen LogP contribution is 2.27. The summed E-state index contributed by atoms with van der Waals surface area (Å²) in [6.45, 7) is 4.19. The Balaban J connectivity index is 1.89. The van der Waals surface area contributed by atoms with E-state index in [0.29, 0.717) is 23.8 Å². The van der Waals surface area contributed by atoms with Gasteiger partial charge in [-0.1, -0.05) is 18.2 Å². The lowest BCUT2D eigenvalue weighted by atomic mass is 10.1. The number of ketones is 1. The van der Waals surface area contributed by atoms with Crippen LogP contribution < -0.4 is 14.6 Å². The zero-order valence-electron chi connectivity index (χ0n) is 17.1. The number of ether oxygens (including phenoxy) is 1. The molecule has 154 valence electrons. The second-order valence-electron chi connectivity index (χ2n) is 6.85. The van der Waals surface area contributed by atoms with E-state index in [9.17, 15) is 9.59 Å². The molecule has 0 saturated carbocycles. The predicted molar refractivity (Wildman–Crippen MR) is 116 cm³/mol. The number of nitrogens with zero attached hydrogens (tertiary/aromatic N) is 4. The minimum absolute atomic E-state index is 0.0601. The average molecular weight is 404 g/mol. The van der Waals surface area contributed by atoms with Gasteiger partial charge in [-0.2, -0.15) is 10.4 Å². The smallest absolute Gasteiger partial charge is 0.274 e. The highest BCUT2D eigenvalue weighted by atomic mass is 16.5. The van der Waals surface area contributed by atoms with Crippen molar-refractivity contribution < 1.29 is 14.3 Å². The summed E-state index contributed by atoms with van der Waals surface area (Å²) in [4.78, 5) is 27.1. The van der Waals surface area contributed by atoms with E-state index in [1.807, 2.05) is 37.3 Å². The first-order chi connectivity index (χ1) is 14.5. The Morgan fingerprint density at radius 3 is 2.50 bits per heavy atom. The first-order valence-electron chi connectivity index (χ1n) is 9.89. The third-order valence-electron chi connectivity index (χ3n) is 4.80. The maximum atomic E-state index is 13.3. The summed E-state index contributed by atoms with van der Waals surface area (Å²) in [5.74, 6) is 0.341. The molecule has 1 aliphatic heterocycles. The molecule has 7 heteroatoms. The molecule has 0 bridgehead atoms. The Labute approximate surface area is 176 Å². The second-order valence-corrected chi connectivity index (χ2v) is 6.85. The van der Waals surface area contributed by atoms with Crippen molar-refractivity contribution in [3.8, 4) is 11.8 Å². The molecule has 1 amide bonds. The molecule has 1 atom stereocenters. The fourth-order valence-electron chi connectivity index (χ4n) is 3.33. The first-order valence-corrected chi connectivity index (χ1v) is 9.89. The lowest BCUT2D eigenvalue weighted by molar-refractivity contribution is -0.118. The molecule has 0 fully saturated rings. The Kier molecular flexibility index (Phi) is 6.81. The maximum Gasteiger partial charge on any atom is 0.274 e. The predicted octanol–water partition coefficient (Wildman–Crippen LogP) is 3.56. The van der Waals surface area contributed by atoms with E-state index in [1.165, 1.54) is 11.8 Å². The van der Waals surface area contributed by atoms with Gasteiger partial charge in [-0.05, 0) is 50.2 Å². The SMILES string of the molecule is CCOc1ccc(N(CCC#N)C(=O)C2=NN(c3ccccc3)C(C(C)=O)C2)cc1. The Hall–Kier alpha value is -3.66. The molecule has 0 radical (unpaired) electrons. The quantitative estimate of drug-likeness (QED) is 0.672. The molecular weight excluding hydrogens is 380 g/mol. The standard InChI is InChI=1S/C23H24N4O3/c1-3-30-20-12-10-18(11-13-20)26(15-7-14-24)23(29)21-16-22(17(2)28)27(25-21)19-8-5-4-6-9-19/h4-6,8-13,22H,3,7,15-16H2,1-2H3. The largest absolute Gasteiger partial charge is 0.494 e. The van der Waals surface area contributed by atoms with Crippen LogP contribution in [0.5, 0.6) is 5.75 Å². The van der Waals surface area contributed by atoms with Crippen LogP contribution in [0.1, 0.15) is 26.7 Å². The van der Waals surface area contributed by atoms with Gasteiger partial charge < -0.3 is 9.64 Å². The number of hydrazone groups is 1. The van der Waals surface area contributed by atoms with Gasteiger partial charge in [0.15, 0.2) is 5.78 Å². The number of benzene rings is 2. The van der Waals surface area contributed by atoms with Gasteiger partial charge in [0, 0.05) is 18.7 Å². The summed E-state index contributed by atoms with van der Waals surface area (Å²) in [6, 6.07) is 18.0. The van der Waals surface area contributed by atoms with Crippen LogP contribution in [0.15, 0.2) is 59.7 Å². The van der Waals surface area contributed by atoms with Crippen LogP contribution >= 0.6 is 0 Å². The number of rotatable bonds is 8. The third kappa shape index (κ3) is 4.66. The number of hydrogen-bond acceptors (Lipinski definition) is 6. The molecule has 2 aromatic rings. The number of carbonyl (C=O) groups is 2. The molecule has 0 aromatic heterocycles. The molecule has 1 heterocycles. The second kappa shape index (κ2) is 9.70. The van der Waals surface area contributed by atoms with Gasteiger partial charge in [-0.3, -0.25) is 14.6 Å². The summed E-state index contributed by atoms with van der Waals surface area (Å²) in [6.07, 6.45) is 0.411. The van der Waals surface area contributed by atoms with Crippen LogP contribution in [0.3, 0.4) is 0 Å². The number of para-hydroxylation sites is 1. The summed E-state index contributed by atoms with van der Waals surface area (Å²) in [5, 5.41) is 15.1. The number of hydrogen-bond donors (Lipinski definition) is 0. The molecule has 0 saturated heterocycles. The van der Waals surface area contributed by atoms with Gasteiger partial charge in [-0.25, -0.2) is 0 Å².